The number of anilines is 1. The van der Waals surface area contributed by atoms with Gasteiger partial charge in [0.05, 0.1) is 41.2 Å². The van der Waals surface area contributed by atoms with Crippen LogP contribution in [0.1, 0.15) is 17.5 Å². The molecule has 7 rings (SSSR count). The normalized spacial score (nSPS) is 14.2. The summed E-state index contributed by atoms with van der Waals surface area (Å²) in [6.07, 6.45) is -4.68. The molecule has 57 heavy (non-hydrogen) atoms. The highest BCUT2D eigenvalue weighted by molar-refractivity contribution is 7.99. The summed E-state index contributed by atoms with van der Waals surface area (Å²) in [6, 6.07) is 28.8. The molecular weight excluding hydrogens is 789 g/mol. The van der Waals surface area contributed by atoms with Crippen molar-refractivity contribution in [3.05, 3.63) is 144 Å². The van der Waals surface area contributed by atoms with Gasteiger partial charge < -0.3 is 24.7 Å². The Morgan fingerprint density at radius 3 is 1.63 bits per heavy atom. The van der Waals surface area contributed by atoms with Crippen molar-refractivity contribution in [3.63, 3.8) is 0 Å². The number of benzene rings is 4. The fraction of sp³-hybridized carbons (Fsp3) is 0.190. The highest BCUT2D eigenvalue weighted by Gasteiger charge is 2.35. The summed E-state index contributed by atoms with van der Waals surface area (Å²) in [7, 11) is 2.97. The first-order chi connectivity index (χ1) is 27.2. The van der Waals surface area contributed by atoms with Crippen LogP contribution in [0.4, 0.5) is 32.2 Å². The molecule has 0 spiro atoms. The number of para-hydroxylation sites is 2. The lowest BCUT2D eigenvalue weighted by atomic mass is 10.0. The number of pyridine rings is 2. The molecule has 0 saturated carbocycles. The zero-order chi connectivity index (χ0) is 40.7. The van der Waals surface area contributed by atoms with E-state index in [0.29, 0.717) is 73.6 Å². The number of β-amino-alcohol motifs (C(OH)–C–C–N with tert-alkyl or cyclic N) is 1. The van der Waals surface area contributed by atoms with Crippen LogP contribution in [0.3, 0.4) is 0 Å². The fourth-order valence-electron chi connectivity index (χ4n) is 6.01. The molecule has 296 valence electrons. The second-order valence-electron chi connectivity index (χ2n) is 12.7. The van der Waals surface area contributed by atoms with Gasteiger partial charge in [0, 0.05) is 41.2 Å². The maximum absolute atomic E-state index is 13.9. The third-order valence-electron chi connectivity index (χ3n) is 8.85. The van der Waals surface area contributed by atoms with Gasteiger partial charge in [0.2, 0.25) is 0 Å². The maximum Gasteiger partial charge on any atom is 0.417 e. The van der Waals surface area contributed by atoms with Gasteiger partial charge in [0.15, 0.2) is 12.4 Å². The molecule has 1 aliphatic heterocycles. The number of nitrogens with zero attached hydrogens (tertiary/aromatic N) is 3. The number of rotatable bonds is 9. The van der Waals surface area contributed by atoms with Crippen LogP contribution in [0.15, 0.2) is 147 Å². The van der Waals surface area contributed by atoms with Gasteiger partial charge in [0.25, 0.3) is 0 Å². The Balaban J connectivity index is 0.000000196. The molecule has 1 fully saturated rings. The first-order valence-electron chi connectivity index (χ1n) is 17.4. The predicted octanol–water partition coefficient (Wildman–Crippen LogP) is 10.7. The third-order valence-corrected chi connectivity index (χ3v) is 11.1. The Labute approximate surface area is 333 Å². The number of methoxy groups -OCH3 is 2. The van der Waals surface area contributed by atoms with Crippen LogP contribution in [0.25, 0.3) is 22.3 Å². The Morgan fingerprint density at radius 1 is 0.667 bits per heavy atom. The average molecular weight is 824 g/mol. The number of hydrogen-bond donors (Lipinski definition) is 1. The molecule has 0 amide bonds. The minimum Gasteiger partial charge on any atom is -0.619 e. The number of ether oxygens (including phenoxy) is 2. The molecule has 2 aromatic heterocycles. The third kappa shape index (κ3) is 10.3. The van der Waals surface area contributed by atoms with Crippen molar-refractivity contribution >= 4 is 29.3 Å². The van der Waals surface area contributed by atoms with Gasteiger partial charge in [-0.1, -0.05) is 59.9 Å². The van der Waals surface area contributed by atoms with Gasteiger partial charge in [-0.25, -0.2) is 4.98 Å². The highest BCUT2D eigenvalue weighted by Crippen LogP contribution is 2.45. The standard InChI is InChI=1S/C23H21F3N2O2S.C19H14F3NO2S/c1-30-19-4-2-3-5-21(19)31-20-7-6-15(12-18(20)23(24,25)26)16-8-10-27-22(13-16)28-11-9-17(29)14-28;1-25-16-4-2-3-5-18(16)26-17-7-6-14(12-15(17)19(20,21)22)13-8-10-23(24)11-9-13/h2-8,10,12-13,17,29H,9,11,14H2,1H3;2-12H,1H3/t17-;/m1./s1. The lowest BCUT2D eigenvalue weighted by Gasteiger charge is -2.18. The molecule has 3 heterocycles. The molecule has 6 aromatic rings. The quantitative estimate of drug-likeness (QED) is 0.0877. The van der Waals surface area contributed by atoms with Crippen molar-refractivity contribution in [1.82, 2.24) is 4.98 Å². The first kappa shape index (κ1) is 41.3. The fourth-order valence-corrected chi connectivity index (χ4v) is 8.12. The number of halogens is 6. The van der Waals surface area contributed by atoms with E-state index in [1.807, 2.05) is 4.90 Å². The second kappa shape index (κ2) is 17.8. The predicted molar refractivity (Wildman–Crippen MR) is 208 cm³/mol. The number of alkyl halides is 6. The minimum atomic E-state index is -4.51. The van der Waals surface area contributed by atoms with E-state index >= 15 is 0 Å². The molecule has 7 nitrogen and oxygen atoms in total. The van der Waals surface area contributed by atoms with Crippen LogP contribution in [0.2, 0.25) is 0 Å². The Bertz CT molecular complexity index is 2310. The number of aromatic nitrogens is 2. The zero-order valence-electron chi connectivity index (χ0n) is 30.4. The molecule has 1 saturated heterocycles. The number of aliphatic hydroxyl groups excluding tert-OH is 1. The molecule has 0 radical (unpaired) electrons. The van der Waals surface area contributed by atoms with Crippen LogP contribution >= 0.6 is 23.5 Å². The van der Waals surface area contributed by atoms with Crippen LogP contribution in [0, 0.1) is 5.21 Å². The maximum atomic E-state index is 13.9. The van der Waals surface area contributed by atoms with Crippen LogP contribution in [-0.4, -0.2) is 43.5 Å². The Kier molecular flexibility index (Phi) is 12.9. The summed E-state index contributed by atoms with van der Waals surface area (Å²) in [4.78, 5) is 7.66. The second-order valence-corrected chi connectivity index (χ2v) is 14.8. The topological polar surface area (TPSA) is 81.8 Å². The van der Waals surface area contributed by atoms with Crippen molar-refractivity contribution in [2.24, 2.45) is 0 Å². The van der Waals surface area contributed by atoms with E-state index in [1.54, 1.807) is 79.0 Å². The van der Waals surface area contributed by atoms with Crippen molar-refractivity contribution in [2.75, 3.05) is 32.2 Å². The van der Waals surface area contributed by atoms with Crippen molar-refractivity contribution in [3.8, 4) is 33.8 Å². The summed E-state index contributed by atoms with van der Waals surface area (Å²) >= 11 is 2.03. The van der Waals surface area contributed by atoms with Gasteiger partial charge >= 0.3 is 12.4 Å². The Hall–Kier alpha value is -5.38. The van der Waals surface area contributed by atoms with Crippen LogP contribution in [-0.2, 0) is 12.4 Å². The molecule has 1 atom stereocenters. The number of aliphatic hydroxyl groups is 1. The first-order valence-corrected chi connectivity index (χ1v) is 19.0. The molecule has 0 bridgehead atoms. The lowest BCUT2D eigenvalue weighted by Crippen LogP contribution is -2.23. The summed E-state index contributed by atoms with van der Waals surface area (Å²) < 4.78 is 93.6. The molecule has 15 heteroatoms. The van der Waals surface area contributed by atoms with Crippen LogP contribution < -0.4 is 19.1 Å². The van der Waals surface area contributed by atoms with Gasteiger partial charge in [-0.15, -0.1) is 0 Å². The summed E-state index contributed by atoms with van der Waals surface area (Å²) in [5, 5.41) is 20.9. The van der Waals surface area contributed by atoms with E-state index in [4.69, 9.17) is 9.47 Å². The molecule has 1 N–H and O–H groups in total. The lowest BCUT2D eigenvalue weighted by molar-refractivity contribution is -0.605. The molecule has 1 aliphatic rings. The smallest absolute Gasteiger partial charge is 0.417 e. The van der Waals surface area contributed by atoms with E-state index in [2.05, 4.69) is 4.98 Å². The largest absolute Gasteiger partial charge is 0.619 e. The molecule has 0 unspecified atom stereocenters. The van der Waals surface area contributed by atoms with Gasteiger partial charge in [-0.05, 0) is 89.3 Å². The van der Waals surface area contributed by atoms with Crippen LogP contribution in [0.5, 0.6) is 11.5 Å². The van der Waals surface area contributed by atoms with E-state index in [0.717, 1.165) is 29.6 Å². The molecular formula is C42H35F6N3O4S2. The van der Waals surface area contributed by atoms with E-state index in [9.17, 15) is 36.7 Å². The van der Waals surface area contributed by atoms with Gasteiger partial charge in [-0.2, -0.15) is 31.1 Å². The summed E-state index contributed by atoms with van der Waals surface area (Å²) in [5.74, 6) is 1.68. The van der Waals surface area contributed by atoms with E-state index in [-0.39, 0.29) is 9.79 Å². The average Bonchev–Trinajstić information content (AvgIpc) is 3.64. The van der Waals surface area contributed by atoms with E-state index in [1.165, 1.54) is 56.9 Å². The molecule has 4 aromatic carbocycles. The Morgan fingerprint density at radius 2 is 1.16 bits per heavy atom. The zero-order valence-corrected chi connectivity index (χ0v) is 32.1. The summed E-state index contributed by atoms with van der Waals surface area (Å²) in [6.45, 7) is 1.14. The van der Waals surface area contributed by atoms with Gasteiger partial charge in [-0.3, -0.25) is 0 Å². The van der Waals surface area contributed by atoms with E-state index < -0.39 is 29.6 Å². The number of hydrogen-bond acceptors (Lipinski definition) is 8. The SMILES string of the molecule is COc1ccccc1Sc1ccc(-c2cc[n+]([O-])cc2)cc1C(F)(F)F.COc1ccccc1Sc1ccc(-c2ccnc(N3CC[C@@H](O)C3)c2)cc1C(F)(F)F. The van der Waals surface area contributed by atoms with Crippen molar-refractivity contribution < 1.29 is 45.7 Å². The highest BCUT2D eigenvalue weighted by atomic mass is 32.2. The van der Waals surface area contributed by atoms with Crippen molar-refractivity contribution in [1.29, 1.82) is 0 Å². The molecule has 0 aliphatic carbocycles. The minimum absolute atomic E-state index is 0.0839. The summed E-state index contributed by atoms with van der Waals surface area (Å²) in [5.41, 5.74) is 0.602. The monoisotopic (exact) mass is 823 g/mol. The van der Waals surface area contributed by atoms with Gasteiger partial charge in [0.1, 0.15) is 17.3 Å². The van der Waals surface area contributed by atoms with Crippen molar-refractivity contribution in [2.45, 2.75) is 44.5 Å².